The van der Waals surface area contributed by atoms with Gasteiger partial charge in [-0.25, -0.2) is 0 Å². The molecule has 2 spiro atoms. The van der Waals surface area contributed by atoms with Crippen molar-refractivity contribution < 1.29 is 39.6 Å². The number of benzene rings is 2. The Morgan fingerprint density at radius 3 is 1.55 bits per heavy atom. The number of nitrogens with one attached hydrogen (secondary N) is 2. The Balaban J connectivity index is 1.34. The molecule has 4 bridgehead atoms. The lowest BCUT2D eigenvalue weighted by atomic mass is 9.51. The van der Waals surface area contributed by atoms with Crippen molar-refractivity contribution in [3.05, 3.63) is 59.7 Å². The SMILES string of the molecule is CC1C(=O)[C@]23SSS[C@@]1(CO)C(=O)N2[C@H]1Nc2ccccc2[C@@]1([C@@]12c4ccccc4N[C@@H]1N1C(=O)[C@]4(CO)SS[C@]1(C(=O)C4C)[C@H]2O)[C@@H]3O. The molecule has 12 atom stereocenters. The van der Waals surface area contributed by atoms with E-state index in [0.717, 1.165) is 43.2 Å². The number of aliphatic hydroxyl groups excluding tert-OH is 4. The average molecular weight is 759 g/mol. The van der Waals surface area contributed by atoms with Crippen molar-refractivity contribution in [2.45, 2.75) is 68.5 Å². The normalized spacial score (nSPS) is 48.0. The molecule has 0 aliphatic carbocycles. The number of ketones is 2. The summed E-state index contributed by atoms with van der Waals surface area (Å²) in [4.78, 5) is 58.5. The number of carbonyl (C=O) groups excluding carboxylic acids is 4. The van der Waals surface area contributed by atoms with Gasteiger partial charge in [0, 0.05) is 23.2 Å². The Morgan fingerprint density at radius 1 is 0.653 bits per heavy atom. The van der Waals surface area contributed by atoms with E-state index in [0.29, 0.717) is 22.5 Å². The van der Waals surface area contributed by atoms with Gasteiger partial charge in [-0.1, -0.05) is 82.6 Å². The van der Waals surface area contributed by atoms with Crippen LogP contribution in [0.3, 0.4) is 0 Å². The van der Waals surface area contributed by atoms with E-state index in [1.165, 1.54) is 19.6 Å². The molecule has 0 radical (unpaired) electrons. The number of carbonyl (C=O) groups is 4. The monoisotopic (exact) mass is 758 g/mol. The first-order valence-corrected chi connectivity index (χ1v) is 21.6. The maximum atomic E-state index is 15.0. The Labute approximate surface area is 299 Å². The van der Waals surface area contributed by atoms with E-state index in [4.69, 9.17) is 0 Å². The van der Waals surface area contributed by atoms with Crippen LogP contribution in [0.5, 0.6) is 0 Å². The van der Waals surface area contributed by atoms with E-state index in [1.807, 2.05) is 12.1 Å². The minimum Gasteiger partial charge on any atom is -0.394 e. The van der Waals surface area contributed by atoms with Crippen LogP contribution >= 0.6 is 53.0 Å². The van der Waals surface area contributed by atoms with Gasteiger partial charge in [-0.05, 0) is 43.9 Å². The largest absolute Gasteiger partial charge is 0.394 e. The second kappa shape index (κ2) is 9.46. The van der Waals surface area contributed by atoms with E-state index < -0.39 is 103 Å². The fourth-order valence-electron chi connectivity index (χ4n) is 10.6. The number of aliphatic hydroxyl groups is 4. The number of piperidine rings is 2. The number of Topliss-reactive ketones (excluding diaryl/α,β-unsaturated/α-hetero) is 2. The number of anilines is 2. The lowest BCUT2D eigenvalue weighted by molar-refractivity contribution is -0.157. The zero-order valence-electron chi connectivity index (χ0n) is 25.9. The summed E-state index contributed by atoms with van der Waals surface area (Å²) in [5.74, 6) is -3.77. The third kappa shape index (κ3) is 2.80. The van der Waals surface area contributed by atoms with Crippen molar-refractivity contribution in [1.29, 1.82) is 0 Å². The van der Waals surface area contributed by atoms with Gasteiger partial charge >= 0.3 is 0 Å². The third-order valence-electron chi connectivity index (χ3n) is 12.9. The zero-order valence-corrected chi connectivity index (χ0v) is 29.9. The molecule has 10 heterocycles. The number of nitrogens with zero attached hydrogens (tertiary/aromatic N) is 2. The van der Waals surface area contributed by atoms with Crippen molar-refractivity contribution in [3.63, 3.8) is 0 Å². The van der Waals surface area contributed by atoms with Crippen LogP contribution in [0.2, 0.25) is 0 Å². The quantitative estimate of drug-likeness (QED) is 0.248. The first kappa shape index (κ1) is 31.6. The summed E-state index contributed by atoms with van der Waals surface area (Å²) >= 11 is 0. The molecule has 0 aromatic heterocycles. The predicted molar refractivity (Wildman–Crippen MR) is 188 cm³/mol. The van der Waals surface area contributed by atoms with Crippen LogP contribution < -0.4 is 10.6 Å². The van der Waals surface area contributed by atoms with Crippen LogP contribution in [0.15, 0.2) is 48.5 Å². The molecule has 0 saturated carbocycles. The minimum atomic E-state index is -1.86. The zero-order chi connectivity index (χ0) is 34.3. The van der Waals surface area contributed by atoms with Crippen LogP contribution in [-0.4, -0.2) is 111 Å². The van der Waals surface area contributed by atoms with Crippen molar-refractivity contribution in [1.82, 2.24) is 9.80 Å². The van der Waals surface area contributed by atoms with Gasteiger partial charge in [-0.2, -0.15) is 0 Å². The van der Waals surface area contributed by atoms with Crippen LogP contribution in [0, 0.1) is 11.8 Å². The standard InChI is InChI=1S/C32H30N4O8S5/c1-13-19(39)31-21(41)29(15-7-3-5-9-17(15)33-23(29)35(31)25(43)27(13,11-37)45-47-31)30-16-8-4-6-10-18(16)34-24(30)36-26(44)28(12-38)14(2)20(40)32(36,22(30)42)48-49-46-28/h3-10,13-14,21-24,33-34,37-38,41-42H,11-12H2,1-2H3/t13?,14?,21-,22-,23+,24+,27+,28+,29+,30+,31+,32+/m0/s1. The number of hydrogen-bond acceptors (Lipinski definition) is 15. The molecule has 6 N–H and O–H groups in total. The summed E-state index contributed by atoms with van der Waals surface area (Å²) in [5.41, 5.74) is -1.30. The molecular weight excluding hydrogens is 729 g/mol. The van der Waals surface area contributed by atoms with Crippen molar-refractivity contribution in [2.24, 2.45) is 11.8 Å². The fraction of sp³-hybridized carbons (Fsp3) is 0.500. The van der Waals surface area contributed by atoms with Crippen molar-refractivity contribution in [3.8, 4) is 0 Å². The van der Waals surface area contributed by atoms with E-state index in [9.17, 15) is 39.6 Å². The highest BCUT2D eigenvalue weighted by atomic mass is 33.5. The molecule has 2 amide bonds. The number of rotatable bonds is 3. The molecule has 256 valence electrons. The highest BCUT2D eigenvalue weighted by Crippen LogP contribution is 2.79. The topological polar surface area (TPSA) is 180 Å². The second-order valence-corrected chi connectivity index (χ2v) is 21.3. The van der Waals surface area contributed by atoms with Gasteiger partial charge in [0.2, 0.25) is 11.8 Å². The summed E-state index contributed by atoms with van der Waals surface area (Å²) in [6.45, 7) is 2.01. The molecule has 10 aliphatic rings. The van der Waals surface area contributed by atoms with Crippen molar-refractivity contribution in [2.75, 3.05) is 23.8 Å². The van der Waals surface area contributed by atoms with Gasteiger partial charge in [-0.15, -0.1) is 0 Å². The first-order chi connectivity index (χ1) is 23.5. The predicted octanol–water partition coefficient (Wildman–Crippen LogP) is 1.50. The van der Waals surface area contributed by atoms with Crippen LogP contribution in [0.1, 0.15) is 25.0 Å². The van der Waals surface area contributed by atoms with Crippen LogP contribution in [0.25, 0.3) is 0 Å². The number of para-hydroxylation sites is 2. The van der Waals surface area contributed by atoms with E-state index in [-0.39, 0.29) is 0 Å². The molecular formula is C32H30N4O8S5. The van der Waals surface area contributed by atoms with E-state index >= 15 is 0 Å². The molecule has 2 unspecified atom stereocenters. The summed E-state index contributed by atoms with van der Waals surface area (Å²) in [5, 5.41) is 55.3. The molecule has 2 aromatic rings. The molecule has 12 nitrogen and oxygen atoms in total. The van der Waals surface area contributed by atoms with Gasteiger partial charge in [0.15, 0.2) is 21.3 Å². The summed E-state index contributed by atoms with van der Waals surface area (Å²) in [6, 6.07) is 14.4. The lowest BCUT2D eigenvalue weighted by Gasteiger charge is -2.57. The number of fused-ring (bicyclic) bond motifs is 12. The Hall–Kier alpha value is -2.09. The lowest BCUT2D eigenvalue weighted by Crippen LogP contribution is -2.75. The highest BCUT2D eigenvalue weighted by Gasteiger charge is 2.92. The molecule has 8 fully saturated rings. The maximum absolute atomic E-state index is 15.0. The average Bonchev–Trinajstić information content (AvgIpc) is 3.71. The number of amides is 2. The third-order valence-corrected chi connectivity index (χ3v) is 22.0. The van der Waals surface area contributed by atoms with Crippen molar-refractivity contribution >= 4 is 87.8 Å². The van der Waals surface area contributed by atoms with E-state index in [1.54, 1.807) is 50.2 Å². The van der Waals surface area contributed by atoms with Gasteiger partial charge in [0.1, 0.15) is 34.0 Å². The van der Waals surface area contributed by atoms with Gasteiger partial charge in [0.25, 0.3) is 0 Å². The Kier molecular flexibility index (Phi) is 6.11. The smallest absolute Gasteiger partial charge is 0.246 e. The Morgan fingerprint density at radius 2 is 1.08 bits per heavy atom. The van der Waals surface area contributed by atoms with E-state index in [2.05, 4.69) is 10.6 Å². The summed E-state index contributed by atoms with van der Waals surface area (Å²) < 4.78 is -3.04. The molecule has 12 rings (SSSR count). The maximum Gasteiger partial charge on any atom is 0.246 e. The highest BCUT2D eigenvalue weighted by molar-refractivity contribution is 9.10. The van der Waals surface area contributed by atoms with Gasteiger partial charge in [-0.3, -0.25) is 29.0 Å². The molecule has 2 aromatic carbocycles. The van der Waals surface area contributed by atoms with Crippen LogP contribution in [-0.2, 0) is 30.0 Å². The summed E-state index contributed by atoms with van der Waals surface area (Å²) in [6.07, 6.45) is -5.65. The molecule has 17 heteroatoms. The van der Waals surface area contributed by atoms with Crippen LogP contribution in [0.4, 0.5) is 11.4 Å². The fourth-order valence-corrected chi connectivity index (χ4v) is 20.7. The molecule has 10 aliphatic heterocycles. The molecule has 49 heavy (non-hydrogen) atoms. The number of hydrogen-bond donors (Lipinski definition) is 6. The second-order valence-electron chi connectivity index (χ2n) is 14.1. The van der Waals surface area contributed by atoms with Gasteiger partial charge in [0.05, 0.1) is 24.0 Å². The molecule has 8 saturated heterocycles. The minimum absolute atomic E-state index is 0.417. The Bertz CT molecular complexity index is 1960. The first-order valence-electron chi connectivity index (χ1n) is 15.9. The van der Waals surface area contributed by atoms with Gasteiger partial charge < -0.3 is 31.1 Å². The summed E-state index contributed by atoms with van der Waals surface area (Å²) in [7, 11) is 5.51.